The fourth-order valence-corrected chi connectivity index (χ4v) is 4.22. The van der Waals surface area contributed by atoms with Crippen molar-refractivity contribution < 1.29 is 31.4 Å². The van der Waals surface area contributed by atoms with Crippen molar-refractivity contribution in [3.63, 3.8) is 0 Å². The number of hydrogen-bond acceptors (Lipinski definition) is 2. The van der Waals surface area contributed by atoms with E-state index in [1.54, 1.807) is 0 Å². The minimum absolute atomic E-state index is 0.109. The molecular weight excluding hydrogens is 451 g/mol. The van der Waals surface area contributed by atoms with E-state index in [1.165, 1.54) is 30.3 Å². The van der Waals surface area contributed by atoms with Crippen LogP contribution >= 0.6 is 0 Å². The van der Waals surface area contributed by atoms with Crippen LogP contribution in [0.2, 0.25) is 0 Å². The fourth-order valence-electron chi connectivity index (χ4n) is 4.22. The summed E-state index contributed by atoms with van der Waals surface area (Å²) < 4.78 is 85.1. The molecule has 0 bridgehead atoms. The molecule has 2 atom stereocenters. The third kappa shape index (κ3) is 4.50. The Morgan fingerprint density at radius 2 is 1.44 bits per heavy atom. The van der Waals surface area contributed by atoms with Crippen LogP contribution in [0.5, 0.6) is 0 Å². The van der Waals surface area contributed by atoms with Crippen molar-refractivity contribution in [1.29, 1.82) is 0 Å². The molecule has 1 heterocycles. The summed E-state index contributed by atoms with van der Waals surface area (Å²) in [6.07, 6.45) is 2.12. The molecule has 0 radical (unpaired) electrons. The largest absolute Gasteiger partial charge is 0.353 e. The summed E-state index contributed by atoms with van der Waals surface area (Å²) >= 11 is 0. The first-order valence-electron chi connectivity index (χ1n) is 11.0. The van der Waals surface area contributed by atoms with Gasteiger partial charge in [-0.1, -0.05) is 49.1 Å². The van der Waals surface area contributed by atoms with Gasteiger partial charge >= 0.3 is 0 Å². The van der Waals surface area contributed by atoms with Crippen molar-refractivity contribution in [2.45, 2.75) is 32.0 Å². The highest BCUT2D eigenvalue weighted by molar-refractivity contribution is 5.73. The average Bonchev–Trinajstić information content (AvgIpc) is 2.84. The number of rotatable bonds is 6. The molecule has 0 saturated carbocycles. The van der Waals surface area contributed by atoms with E-state index in [4.69, 9.17) is 9.47 Å². The molecule has 1 aliphatic rings. The molecule has 2 unspecified atom stereocenters. The zero-order valence-electron chi connectivity index (χ0n) is 18.5. The molecule has 0 aromatic heterocycles. The van der Waals surface area contributed by atoms with Crippen LogP contribution in [0.15, 0.2) is 49.0 Å². The van der Waals surface area contributed by atoms with Crippen molar-refractivity contribution in [3.05, 3.63) is 89.3 Å². The molecule has 0 N–H and O–H groups in total. The van der Waals surface area contributed by atoms with Crippen LogP contribution in [0.25, 0.3) is 28.3 Å². The zero-order valence-corrected chi connectivity index (χ0v) is 18.5. The average molecular weight is 474 g/mol. The second-order valence-corrected chi connectivity index (χ2v) is 8.05. The third-order valence-corrected chi connectivity index (χ3v) is 6.03. The Balaban J connectivity index is 1.66. The van der Waals surface area contributed by atoms with Crippen molar-refractivity contribution >= 4 is 6.08 Å². The van der Waals surface area contributed by atoms with Gasteiger partial charge in [0.1, 0.15) is 5.82 Å². The number of benzene rings is 3. The summed E-state index contributed by atoms with van der Waals surface area (Å²) in [5.74, 6) is -6.30. The maximum Gasteiger partial charge on any atom is 0.167 e. The molecule has 0 aliphatic carbocycles. The molecule has 2 nitrogen and oxygen atoms in total. The van der Waals surface area contributed by atoms with E-state index < -0.39 is 40.2 Å². The van der Waals surface area contributed by atoms with Crippen molar-refractivity contribution in [2.24, 2.45) is 0 Å². The predicted octanol–water partition coefficient (Wildman–Crippen LogP) is 7.62. The van der Waals surface area contributed by atoms with Gasteiger partial charge in [0.25, 0.3) is 0 Å². The third-order valence-electron chi connectivity index (χ3n) is 6.03. The molecule has 34 heavy (non-hydrogen) atoms. The Bertz CT molecular complexity index is 1220. The van der Waals surface area contributed by atoms with Gasteiger partial charge in [-0.15, -0.1) is 0 Å². The molecule has 1 aliphatic heterocycles. The molecule has 178 valence electrons. The highest BCUT2D eigenvalue weighted by Crippen LogP contribution is 2.37. The Hall–Kier alpha value is -3.03. The molecular formula is C27H23F5O2. The summed E-state index contributed by atoms with van der Waals surface area (Å²) in [5, 5.41) is 0. The molecule has 1 fully saturated rings. The minimum Gasteiger partial charge on any atom is -0.353 e. The Labute approximate surface area is 194 Å². The van der Waals surface area contributed by atoms with Gasteiger partial charge in [0.15, 0.2) is 29.6 Å². The lowest BCUT2D eigenvalue weighted by Crippen LogP contribution is -2.27. The van der Waals surface area contributed by atoms with E-state index >= 15 is 0 Å². The number of ether oxygens (including phenoxy) is 2. The van der Waals surface area contributed by atoms with E-state index in [2.05, 4.69) is 6.58 Å². The van der Waals surface area contributed by atoms with Crippen LogP contribution < -0.4 is 0 Å². The zero-order chi connectivity index (χ0) is 24.4. The van der Waals surface area contributed by atoms with Crippen molar-refractivity contribution in [3.8, 4) is 22.3 Å². The van der Waals surface area contributed by atoms with Crippen LogP contribution in [0.4, 0.5) is 22.0 Å². The number of halogens is 5. The van der Waals surface area contributed by atoms with Gasteiger partial charge in [-0.2, -0.15) is 0 Å². The molecule has 0 spiro atoms. The Morgan fingerprint density at radius 3 is 2.00 bits per heavy atom. The lowest BCUT2D eigenvalue weighted by molar-refractivity contribution is -0.164. The molecule has 1 saturated heterocycles. The molecule has 0 amide bonds. The van der Waals surface area contributed by atoms with E-state index in [0.29, 0.717) is 25.0 Å². The van der Waals surface area contributed by atoms with Gasteiger partial charge < -0.3 is 9.47 Å². The first kappa shape index (κ1) is 24.1. The Kier molecular flexibility index (Phi) is 7.14. The standard InChI is InChI=1S/C27H23F5O2/c1-3-15-5-7-18(22(28)13-15)19-10-11-21(27(32)25(19)30)20-9-8-17(24(29)26(20)31)16-6-12-23(33-4-2)34-14-16/h3,5,7-11,13,16,23H,1,4,6,12,14H2,2H3. The first-order chi connectivity index (χ1) is 16.3. The van der Waals surface area contributed by atoms with Crippen LogP contribution in [-0.2, 0) is 9.47 Å². The predicted molar refractivity (Wildman–Crippen MR) is 121 cm³/mol. The van der Waals surface area contributed by atoms with Gasteiger partial charge in [0.05, 0.1) is 6.61 Å². The topological polar surface area (TPSA) is 18.5 Å². The van der Waals surface area contributed by atoms with Crippen LogP contribution in [0.3, 0.4) is 0 Å². The maximum absolute atomic E-state index is 15.0. The summed E-state index contributed by atoms with van der Waals surface area (Å²) in [5.41, 5.74) is -0.765. The van der Waals surface area contributed by atoms with Gasteiger partial charge in [-0.25, -0.2) is 22.0 Å². The summed E-state index contributed by atoms with van der Waals surface area (Å²) in [6, 6.07) is 8.81. The lowest BCUT2D eigenvalue weighted by atomic mass is 9.90. The minimum atomic E-state index is -1.39. The second-order valence-electron chi connectivity index (χ2n) is 8.05. The van der Waals surface area contributed by atoms with Crippen LogP contribution in [-0.4, -0.2) is 19.5 Å². The van der Waals surface area contributed by atoms with Crippen LogP contribution in [0.1, 0.15) is 36.8 Å². The lowest BCUT2D eigenvalue weighted by Gasteiger charge is -2.29. The summed E-state index contributed by atoms with van der Waals surface area (Å²) in [7, 11) is 0. The smallest absolute Gasteiger partial charge is 0.167 e. The van der Waals surface area contributed by atoms with E-state index in [1.807, 2.05) is 6.92 Å². The van der Waals surface area contributed by atoms with Crippen molar-refractivity contribution in [1.82, 2.24) is 0 Å². The normalized spacial score (nSPS) is 18.2. The molecule has 3 aromatic carbocycles. The maximum atomic E-state index is 15.0. The van der Waals surface area contributed by atoms with Gasteiger partial charge in [0.2, 0.25) is 0 Å². The SMILES string of the molecule is C=Cc1ccc(-c2ccc(-c3ccc(C4CCC(OCC)OC4)c(F)c3F)c(F)c2F)c(F)c1. The summed E-state index contributed by atoms with van der Waals surface area (Å²) in [4.78, 5) is 0. The van der Waals surface area contributed by atoms with Gasteiger partial charge in [-0.05, 0) is 37.0 Å². The quantitative estimate of drug-likeness (QED) is 0.342. The van der Waals surface area contributed by atoms with Gasteiger partial charge in [-0.3, -0.25) is 0 Å². The van der Waals surface area contributed by atoms with E-state index in [9.17, 15) is 22.0 Å². The Morgan fingerprint density at radius 1 is 0.853 bits per heavy atom. The van der Waals surface area contributed by atoms with E-state index in [-0.39, 0.29) is 35.5 Å². The number of hydrogen-bond donors (Lipinski definition) is 0. The highest BCUT2D eigenvalue weighted by Gasteiger charge is 2.28. The highest BCUT2D eigenvalue weighted by atomic mass is 19.2. The van der Waals surface area contributed by atoms with Gasteiger partial charge in [0, 0.05) is 34.8 Å². The second kappa shape index (κ2) is 10.1. The first-order valence-corrected chi connectivity index (χ1v) is 11.0. The molecule has 3 aromatic rings. The molecule has 7 heteroatoms. The van der Waals surface area contributed by atoms with E-state index in [0.717, 1.165) is 18.2 Å². The van der Waals surface area contributed by atoms with Crippen LogP contribution in [0, 0.1) is 29.1 Å². The van der Waals surface area contributed by atoms with Crippen molar-refractivity contribution in [2.75, 3.05) is 13.2 Å². The fraction of sp³-hybridized carbons (Fsp3) is 0.259. The molecule has 4 rings (SSSR count). The summed E-state index contributed by atoms with van der Waals surface area (Å²) in [6.45, 7) is 6.02. The monoisotopic (exact) mass is 474 g/mol.